The van der Waals surface area contributed by atoms with E-state index in [2.05, 4.69) is 13.2 Å². The van der Waals surface area contributed by atoms with Gasteiger partial charge in [-0.15, -0.1) is 0 Å². The van der Waals surface area contributed by atoms with Crippen LogP contribution in [-0.2, 0) is 14.3 Å². The first-order valence-electron chi connectivity index (χ1n) is 3.66. The summed E-state index contributed by atoms with van der Waals surface area (Å²) in [4.78, 5) is 11.0. The van der Waals surface area contributed by atoms with Gasteiger partial charge in [-0.2, -0.15) is 0 Å². The largest absolute Gasteiger partial charge is 0.457 e. The molecule has 0 spiro atoms. The van der Waals surface area contributed by atoms with E-state index >= 15 is 0 Å². The first kappa shape index (κ1) is 10.8. The standard InChI is InChI=1S/C9H14O3/c1-6(2)11-8(5)9(10)12-7(3)4/h7H,1,5H2,2-4H3. The van der Waals surface area contributed by atoms with Crippen molar-refractivity contribution in [2.45, 2.75) is 26.9 Å². The molecule has 0 aromatic carbocycles. The zero-order chi connectivity index (χ0) is 9.72. The van der Waals surface area contributed by atoms with Crippen LogP contribution in [-0.4, -0.2) is 12.1 Å². The van der Waals surface area contributed by atoms with Crippen LogP contribution in [0.4, 0.5) is 0 Å². The highest BCUT2D eigenvalue weighted by Gasteiger charge is 2.11. The zero-order valence-electron chi connectivity index (χ0n) is 7.72. The highest BCUT2D eigenvalue weighted by molar-refractivity contribution is 5.85. The average Bonchev–Trinajstić information content (AvgIpc) is 1.84. The van der Waals surface area contributed by atoms with Crippen molar-refractivity contribution in [2.75, 3.05) is 0 Å². The lowest BCUT2D eigenvalue weighted by molar-refractivity contribution is -0.146. The molecule has 0 rings (SSSR count). The zero-order valence-corrected chi connectivity index (χ0v) is 7.72. The second-order valence-corrected chi connectivity index (χ2v) is 2.68. The Kier molecular flexibility index (Phi) is 4.11. The van der Waals surface area contributed by atoms with E-state index < -0.39 is 5.97 Å². The van der Waals surface area contributed by atoms with Gasteiger partial charge in [0, 0.05) is 0 Å². The van der Waals surface area contributed by atoms with Crippen LogP contribution in [0.1, 0.15) is 20.8 Å². The lowest BCUT2D eigenvalue weighted by atomic mass is 10.4. The lowest BCUT2D eigenvalue weighted by Gasteiger charge is -2.10. The van der Waals surface area contributed by atoms with Gasteiger partial charge < -0.3 is 9.47 Å². The number of hydrogen-bond acceptors (Lipinski definition) is 3. The maximum atomic E-state index is 11.0. The maximum Gasteiger partial charge on any atom is 0.373 e. The van der Waals surface area contributed by atoms with Crippen LogP contribution in [0.2, 0.25) is 0 Å². The van der Waals surface area contributed by atoms with Crippen LogP contribution in [0.3, 0.4) is 0 Å². The molecule has 0 aromatic heterocycles. The molecular formula is C9H14O3. The Morgan fingerprint density at radius 3 is 2.17 bits per heavy atom. The molecule has 0 amide bonds. The molecule has 3 heteroatoms. The number of ether oxygens (including phenoxy) is 2. The van der Waals surface area contributed by atoms with Crippen molar-refractivity contribution in [3.05, 3.63) is 24.7 Å². The van der Waals surface area contributed by atoms with Gasteiger partial charge in [0.25, 0.3) is 0 Å². The molecule has 68 valence electrons. The summed E-state index contributed by atoms with van der Waals surface area (Å²) in [6, 6.07) is 0. The van der Waals surface area contributed by atoms with Crippen molar-refractivity contribution in [2.24, 2.45) is 0 Å². The summed E-state index contributed by atoms with van der Waals surface area (Å²) in [6.07, 6.45) is -0.164. The van der Waals surface area contributed by atoms with Crippen molar-refractivity contribution in [3.63, 3.8) is 0 Å². The summed E-state index contributed by atoms with van der Waals surface area (Å²) < 4.78 is 9.66. The highest BCUT2D eigenvalue weighted by Crippen LogP contribution is 2.04. The molecule has 0 fully saturated rings. The molecule has 0 heterocycles. The van der Waals surface area contributed by atoms with E-state index in [9.17, 15) is 4.79 Å². The van der Waals surface area contributed by atoms with Gasteiger partial charge in [-0.1, -0.05) is 6.58 Å². The molecule has 0 aromatic rings. The van der Waals surface area contributed by atoms with Crippen molar-refractivity contribution < 1.29 is 14.3 Å². The third kappa shape index (κ3) is 4.55. The summed E-state index contributed by atoms with van der Waals surface area (Å²) >= 11 is 0. The molecule has 0 saturated carbocycles. The van der Waals surface area contributed by atoms with E-state index in [1.54, 1.807) is 20.8 Å². The molecule has 0 bridgehead atoms. The second-order valence-electron chi connectivity index (χ2n) is 2.68. The number of hydrogen-bond donors (Lipinski definition) is 0. The van der Waals surface area contributed by atoms with Crippen LogP contribution >= 0.6 is 0 Å². The molecule has 0 saturated heterocycles. The minimum Gasteiger partial charge on any atom is -0.457 e. The van der Waals surface area contributed by atoms with Crippen LogP contribution in [0.25, 0.3) is 0 Å². The van der Waals surface area contributed by atoms with Gasteiger partial charge in [0.15, 0.2) is 0 Å². The molecule has 0 unspecified atom stereocenters. The Hall–Kier alpha value is -1.25. The third-order valence-electron chi connectivity index (χ3n) is 0.868. The molecule has 0 radical (unpaired) electrons. The molecule has 0 aliphatic carbocycles. The number of carbonyl (C=O) groups is 1. The van der Waals surface area contributed by atoms with Crippen molar-refractivity contribution in [3.8, 4) is 0 Å². The monoisotopic (exact) mass is 170 g/mol. The lowest BCUT2D eigenvalue weighted by Crippen LogP contribution is -2.14. The Morgan fingerprint density at radius 1 is 1.33 bits per heavy atom. The Morgan fingerprint density at radius 2 is 1.83 bits per heavy atom. The Bertz CT molecular complexity index is 204. The highest BCUT2D eigenvalue weighted by atomic mass is 16.6. The van der Waals surface area contributed by atoms with Crippen LogP contribution in [0, 0.1) is 0 Å². The summed E-state index contributed by atoms with van der Waals surface area (Å²) in [6.45, 7) is 12.0. The van der Waals surface area contributed by atoms with Gasteiger partial charge in [0.1, 0.15) is 0 Å². The van der Waals surface area contributed by atoms with Crippen LogP contribution < -0.4 is 0 Å². The molecule has 12 heavy (non-hydrogen) atoms. The van der Waals surface area contributed by atoms with E-state index in [0.29, 0.717) is 5.76 Å². The molecule has 0 atom stereocenters. The minimum atomic E-state index is -0.548. The molecule has 3 nitrogen and oxygen atoms in total. The topological polar surface area (TPSA) is 35.5 Å². The third-order valence-corrected chi connectivity index (χ3v) is 0.868. The maximum absolute atomic E-state index is 11.0. The quantitative estimate of drug-likeness (QED) is 0.368. The minimum absolute atomic E-state index is 0.0313. The second kappa shape index (κ2) is 4.59. The average molecular weight is 170 g/mol. The smallest absolute Gasteiger partial charge is 0.373 e. The molecule has 0 aliphatic rings. The van der Waals surface area contributed by atoms with Crippen LogP contribution in [0.15, 0.2) is 24.7 Å². The summed E-state index contributed by atoms with van der Waals surface area (Å²) in [5, 5.41) is 0. The van der Waals surface area contributed by atoms with E-state index in [4.69, 9.17) is 9.47 Å². The van der Waals surface area contributed by atoms with Crippen molar-refractivity contribution in [1.29, 1.82) is 0 Å². The number of esters is 1. The normalized spacial score (nSPS) is 9.33. The SMILES string of the molecule is C=C(C)OC(=C)C(=O)OC(C)C. The summed E-state index contributed by atoms with van der Waals surface area (Å²) in [5.41, 5.74) is 0. The van der Waals surface area contributed by atoms with Crippen LogP contribution in [0.5, 0.6) is 0 Å². The first-order chi connectivity index (χ1) is 5.43. The fraction of sp³-hybridized carbons (Fsp3) is 0.444. The van der Waals surface area contributed by atoms with Gasteiger partial charge in [0.2, 0.25) is 5.76 Å². The van der Waals surface area contributed by atoms with Gasteiger partial charge in [-0.25, -0.2) is 4.79 Å². The van der Waals surface area contributed by atoms with E-state index in [1.165, 1.54) is 0 Å². The molecule has 0 aliphatic heterocycles. The fourth-order valence-corrected chi connectivity index (χ4v) is 0.532. The van der Waals surface area contributed by atoms with Gasteiger partial charge in [-0.3, -0.25) is 0 Å². The predicted octanol–water partition coefficient (Wildman–Crippen LogP) is 2.00. The van der Waals surface area contributed by atoms with Crippen molar-refractivity contribution in [1.82, 2.24) is 0 Å². The predicted molar refractivity (Wildman–Crippen MR) is 46.3 cm³/mol. The van der Waals surface area contributed by atoms with E-state index in [0.717, 1.165) is 0 Å². The van der Waals surface area contributed by atoms with Gasteiger partial charge in [-0.05, 0) is 27.4 Å². The van der Waals surface area contributed by atoms with E-state index in [-0.39, 0.29) is 11.9 Å². The number of rotatable bonds is 4. The van der Waals surface area contributed by atoms with Gasteiger partial charge >= 0.3 is 5.97 Å². The number of allylic oxidation sites excluding steroid dienone is 1. The summed E-state index contributed by atoms with van der Waals surface area (Å²) in [5.74, 6) is -0.162. The Labute approximate surface area is 72.7 Å². The Balaban J connectivity index is 3.94. The fourth-order valence-electron chi connectivity index (χ4n) is 0.532. The van der Waals surface area contributed by atoms with Gasteiger partial charge in [0.05, 0.1) is 11.9 Å². The molecular weight excluding hydrogens is 156 g/mol. The van der Waals surface area contributed by atoms with E-state index in [1.807, 2.05) is 0 Å². The number of carbonyl (C=O) groups excluding carboxylic acids is 1. The first-order valence-corrected chi connectivity index (χ1v) is 3.66. The molecule has 0 N–H and O–H groups in total. The van der Waals surface area contributed by atoms with Crippen molar-refractivity contribution >= 4 is 5.97 Å². The summed E-state index contributed by atoms with van der Waals surface area (Å²) in [7, 11) is 0.